The Hall–Kier alpha value is 0.150. The van der Waals surface area contributed by atoms with Gasteiger partial charge in [-0.25, -0.2) is 0 Å². The molecule has 0 spiro atoms. The van der Waals surface area contributed by atoms with Crippen molar-refractivity contribution < 1.29 is 14.4 Å². The van der Waals surface area contributed by atoms with Crippen LogP contribution in [0.25, 0.3) is 0 Å². The summed E-state index contributed by atoms with van der Waals surface area (Å²) in [7, 11) is -4.37. The van der Waals surface area contributed by atoms with E-state index in [1.807, 2.05) is 0 Å². The van der Waals surface area contributed by atoms with Crippen LogP contribution in [0.15, 0.2) is 0 Å². The molecule has 0 heterocycles. The molecule has 0 unspecified atom stereocenters. The van der Waals surface area contributed by atoms with Crippen molar-refractivity contribution in [2.24, 2.45) is 0 Å². The lowest BCUT2D eigenvalue weighted by atomic mass is 10.1. The van der Waals surface area contributed by atoms with E-state index in [4.69, 9.17) is 0 Å². The van der Waals surface area contributed by atoms with Gasteiger partial charge in [0.15, 0.2) is 0 Å². The Balaban J connectivity index is 4.34. The van der Waals surface area contributed by atoms with Crippen molar-refractivity contribution >= 4 is 7.60 Å². The first kappa shape index (κ1) is 9.15. The predicted molar refractivity (Wildman–Crippen MR) is 32.0 cm³/mol. The third kappa shape index (κ3) is 2.09. The molecule has 0 aromatic rings. The van der Waals surface area contributed by atoms with Crippen molar-refractivity contribution in [3.05, 3.63) is 0 Å². The minimum absolute atomic E-state index is 0.372. The van der Waals surface area contributed by atoms with Crippen LogP contribution in [0.4, 0.5) is 0 Å². The third-order valence-electron chi connectivity index (χ3n) is 1.61. The van der Waals surface area contributed by atoms with E-state index < -0.39 is 12.8 Å². The highest BCUT2D eigenvalue weighted by Crippen LogP contribution is 2.43. The number of rotatable bonds is 2. The molecule has 0 N–H and O–H groups in total. The van der Waals surface area contributed by atoms with Crippen molar-refractivity contribution in [2.75, 3.05) is 0 Å². The van der Waals surface area contributed by atoms with E-state index in [0.29, 0.717) is 6.42 Å². The van der Waals surface area contributed by atoms with Crippen LogP contribution in [-0.4, -0.2) is 5.16 Å². The first-order chi connectivity index (χ1) is 3.81. The Bertz CT molecular complexity index is 135. The maximum absolute atomic E-state index is 10.4. The molecule has 0 rings (SSSR count). The van der Waals surface area contributed by atoms with E-state index in [0.717, 1.165) is 0 Å². The molecule has 3 nitrogen and oxygen atoms in total. The highest BCUT2D eigenvalue weighted by Gasteiger charge is 2.18. The molecule has 0 saturated carbocycles. The average molecular weight is 150 g/mol. The fraction of sp³-hybridized carbons (Fsp3) is 1.00. The molecular formula is C5H11O3P-2. The molecule has 0 aliphatic carbocycles. The standard InChI is InChI=1S/C5H13O3P/c1-4-5(2,3)9(6,7)8/h4H2,1-3H3,(H2,6,7,8)/p-2. The van der Waals surface area contributed by atoms with E-state index >= 15 is 0 Å². The molecule has 0 amide bonds. The highest BCUT2D eigenvalue weighted by atomic mass is 31.2. The molecule has 0 bridgehead atoms. The summed E-state index contributed by atoms with van der Waals surface area (Å²) in [6.07, 6.45) is 0.372. The van der Waals surface area contributed by atoms with Crippen LogP contribution in [-0.2, 0) is 4.57 Å². The summed E-state index contributed by atoms with van der Waals surface area (Å²) in [5.41, 5.74) is 0. The van der Waals surface area contributed by atoms with Crippen molar-refractivity contribution in [2.45, 2.75) is 32.3 Å². The maximum Gasteiger partial charge on any atom is -0.00788 e. The minimum atomic E-state index is -4.37. The van der Waals surface area contributed by atoms with Gasteiger partial charge in [-0.2, -0.15) is 0 Å². The van der Waals surface area contributed by atoms with Gasteiger partial charge in [-0.05, 0) is 11.6 Å². The number of hydrogen-bond donors (Lipinski definition) is 0. The Morgan fingerprint density at radius 3 is 1.78 bits per heavy atom. The quantitative estimate of drug-likeness (QED) is 0.524. The van der Waals surface area contributed by atoms with E-state index in [-0.39, 0.29) is 0 Å². The molecular weight excluding hydrogens is 139 g/mol. The van der Waals surface area contributed by atoms with Crippen LogP contribution in [0.3, 0.4) is 0 Å². The second-order valence-electron chi connectivity index (χ2n) is 2.66. The summed E-state index contributed by atoms with van der Waals surface area (Å²) in [5, 5.41) is -1.08. The molecule has 0 fully saturated rings. The summed E-state index contributed by atoms with van der Waals surface area (Å²) in [6.45, 7) is 4.56. The van der Waals surface area contributed by atoms with Crippen LogP contribution in [0.1, 0.15) is 27.2 Å². The lowest BCUT2D eigenvalue weighted by molar-refractivity contribution is -0.320. The van der Waals surface area contributed by atoms with Gasteiger partial charge in [0, 0.05) is 0 Å². The van der Waals surface area contributed by atoms with Crippen molar-refractivity contribution in [3.63, 3.8) is 0 Å². The van der Waals surface area contributed by atoms with Gasteiger partial charge >= 0.3 is 0 Å². The fourth-order valence-electron chi connectivity index (χ4n) is 0.194. The van der Waals surface area contributed by atoms with Gasteiger partial charge in [-0.1, -0.05) is 28.4 Å². The Kier molecular flexibility index (Phi) is 2.45. The summed E-state index contributed by atoms with van der Waals surface area (Å²) in [5.74, 6) is 0. The molecule has 56 valence electrons. The van der Waals surface area contributed by atoms with Gasteiger partial charge in [0.25, 0.3) is 0 Å². The maximum atomic E-state index is 10.4. The van der Waals surface area contributed by atoms with Crippen molar-refractivity contribution in [1.82, 2.24) is 0 Å². The summed E-state index contributed by atoms with van der Waals surface area (Å²) in [4.78, 5) is 20.7. The van der Waals surface area contributed by atoms with Gasteiger partial charge in [0.2, 0.25) is 0 Å². The molecule has 9 heavy (non-hydrogen) atoms. The van der Waals surface area contributed by atoms with Gasteiger partial charge in [0.1, 0.15) is 0 Å². The van der Waals surface area contributed by atoms with Crippen LogP contribution in [0, 0.1) is 0 Å². The second kappa shape index (κ2) is 2.41. The first-order valence-electron chi connectivity index (χ1n) is 2.83. The third-order valence-corrected chi connectivity index (χ3v) is 3.41. The molecule has 0 aromatic carbocycles. The second-order valence-corrected chi connectivity index (χ2v) is 4.87. The predicted octanol–water partition coefficient (Wildman–Crippen LogP) is 0.0887. The summed E-state index contributed by atoms with van der Waals surface area (Å²) < 4.78 is 10.4. The van der Waals surface area contributed by atoms with Crippen molar-refractivity contribution in [3.8, 4) is 0 Å². The molecule has 0 atom stereocenters. The van der Waals surface area contributed by atoms with Gasteiger partial charge in [0.05, 0.1) is 0 Å². The first-order valence-corrected chi connectivity index (χ1v) is 4.37. The lowest BCUT2D eigenvalue weighted by Gasteiger charge is -2.44. The van der Waals surface area contributed by atoms with E-state index in [1.54, 1.807) is 6.92 Å². The average Bonchev–Trinajstić information content (AvgIpc) is 1.64. The van der Waals surface area contributed by atoms with Crippen LogP contribution in [0.5, 0.6) is 0 Å². The van der Waals surface area contributed by atoms with Crippen LogP contribution >= 0.6 is 7.60 Å². The number of hydrogen-bond acceptors (Lipinski definition) is 3. The van der Waals surface area contributed by atoms with Gasteiger partial charge in [-0.15, -0.1) is 0 Å². The summed E-state index contributed by atoms with van der Waals surface area (Å²) >= 11 is 0. The Morgan fingerprint density at radius 1 is 1.44 bits per heavy atom. The minimum Gasteiger partial charge on any atom is -0.810 e. The fourth-order valence-corrected chi connectivity index (χ4v) is 0.581. The SMILES string of the molecule is CCC(C)(C)P(=O)([O-])[O-]. The topological polar surface area (TPSA) is 63.2 Å². The van der Waals surface area contributed by atoms with E-state index in [2.05, 4.69) is 0 Å². The molecule has 0 radical (unpaired) electrons. The Morgan fingerprint density at radius 2 is 1.78 bits per heavy atom. The van der Waals surface area contributed by atoms with E-state index in [9.17, 15) is 14.4 Å². The zero-order valence-corrected chi connectivity index (χ0v) is 6.77. The van der Waals surface area contributed by atoms with Crippen LogP contribution in [0.2, 0.25) is 0 Å². The molecule has 0 aliphatic rings. The van der Waals surface area contributed by atoms with Gasteiger partial charge in [-0.3, -0.25) is 0 Å². The zero-order chi connectivity index (χ0) is 7.71. The summed E-state index contributed by atoms with van der Waals surface area (Å²) in [6, 6.07) is 0. The monoisotopic (exact) mass is 150 g/mol. The molecule has 4 heteroatoms. The zero-order valence-electron chi connectivity index (χ0n) is 5.88. The van der Waals surface area contributed by atoms with Gasteiger partial charge < -0.3 is 14.4 Å². The highest BCUT2D eigenvalue weighted by molar-refractivity contribution is 7.50. The van der Waals surface area contributed by atoms with Crippen molar-refractivity contribution in [1.29, 1.82) is 0 Å². The molecule has 0 saturated heterocycles. The smallest absolute Gasteiger partial charge is 0.00788 e. The lowest BCUT2D eigenvalue weighted by Crippen LogP contribution is -2.33. The molecule has 0 aliphatic heterocycles. The largest absolute Gasteiger partial charge is 0.810 e. The normalized spacial score (nSPS) is 13.9. The molecule has 0 aromatic heterocycles. The Labute approximate surface area is 55.3 Å². The van der Waals surface area contributed by atoms with E-state index in [1.165, 1.54) is 13.8 Å². The van der Waals surface area contributed by atoms with Crippen LogP contribution < -0.4 is 9.79 Å².